The van der Waals surface area contributed by atoms with Crippen LogP contribution in [0.4, 0.5) is 3.89 Å². The summed E-state index contributed by atoms with van der Waals surface area (Å²) in [6.45, 7) is 0.301. The molecule has 10 heteroatoms. The molecular weight excluding hydrogens is 291 g/mol. The van der Waals surface area contributed by atoms with Crippen LogP contribution in [-0.4, -0.2) is 48.0 Å². The van der Waals surface area contributed by atoms with Crippen molar-refractivity contribution in [2.24, 2.45) is 13.0 Å². The van der Waals surface area contributed by atoms with E-state index in [1.807, 2.05) is 0 Å². The second-order valence-electron chi connectivity index (χ2n) is 4.52. The number of hydrogen-bond donors (Lipinski definition) is 1. The van der Waals surface area contributed by atoms with Crippen molar-refractivity contribution in [3.63, 3.8) is 0 Å². The van der Waals surface area contributed by atoms with Crippen LogP contribution in [0.25, 0.3) is 0 Å². The summed E-state index contributed by atoms with van der Waals surface area (Å²) in [5, 5.41) is 6.33. The first kappa shape index (κ1) is 14.6. The van der Waals surface area contributed by atoms with Gasteiger partial charge in [-0.2, -0.15) is 17.8 Å². The Morgan fingerprint density at radius 2 is 2.15 bits per heavy atom. The van der Waals surface area contributed by atoms with E-state index in [0.717, 1.165) is 4.68 Å². The zero-order valence-electron chi connectivity index (χ0n) is 10.6. The van der Waals surface area contributed by atoms with Crippen LogP contribution in [0.2, 0.25) is 0 Å². The summed E-state index contributed by atoms with van der Waals surface area (Å²) in [7, 11) is -3.20. The molecule has 0 atom stereocenters. The zero-order valence-corrected chi connectivity index (χ0v) is 11.4. The monoisotopic (exact) mass is 304 g/mol. The number of hydrogen-bond acceptors (Lipinski definition) is 5. The van der Waals surface area contributed by atoms with Crippen LogP contribution in [0.3, 0.4) is 0 Å². The second-order valence-corrected chi connectivity index (χ2v) is 5.86. The van der Waals surface area contributed by atoms with E-state index in [2.05, 4.69) is 10.4 Å². The normalized spacial score (nSPS) is 16.7. The van der Waals surface area contributed by atoms with Crippen LogP contribution in [0.5, 0.6) is 0 Å². The summed E-state index contributed by atoms with van der Waals surface area (Å²) < 4.78 is 35.3. The molecule has 1 saturated heterocycles. The maximum atomic E-state index is 12.5. The minimum atomic E-state index is -4.63. The molecule has 110 valence electrons. The lowest BCUT2D eigenvalue weighted by molar-refractivity contribution is 0.0921. The molecule has 2 heterocycles. The molecule has 0 bridgehead atoms. The highest BCUT2D eigenvalue weighted by Crippen LogP contribution is 2.19. The molecule has 1 aliphatic rings. The minimum Gasteiger partial charge on any atom is -0.350 e. The number of nitrogens with zero attached hydrogens (tertiary/aromatic N) is 3. The first-order chi connectivity index (χ1) is 9.27. The number of amides is 1. The summed E-state index contributed by atoms with van der Waals surface area (Å²) in [5.41, 5.74) is -0.245. The molecule has 1 aromatic rings. The van der Waals surface area contributed by atoms with Gasteiger partial charge in [0.2, 0.25) is 0 Å². The van der Waals surface area contributed by atoms with E-state index in [4.69, 9.17) is 0 Å². The van der Waals surface area contributed by atoms with Crippen molar-refractivity contribution in [2.45, 2.75) is 0 Å². The topological polar surface area (TPSA) is 101 Å². The van der Waals surface area contributed by atoms with Crippen molar-refractivity contribution in [1.82, 2.24) is 19.4 Å². The molecular formula is C10H13FN4O4S. The molecule has 8 nitrogen and oxygen atoms in total. The van der Waals surface area contributed by atoms with Crippen LogP contribution in [0.15, 0.2) is 16.9 Å². The van der Waals surface area contributed by atoms with E-state index in [9.17, 15) is 21.9 Å². The first-order valence-electron chi connectivity index (χ1n) is 5.79. The van der Waals surface area contributed by atoms with Gasteiger partial charge in [0.15, 0.2) is 0 Å². The molecule has 0 unspecified atom stereocenters. The molecule has 0 aromatic carbocycles. The van der Waals surface area contributed by atoms with Crippen LogP contribution in [0, 0.1) is 5.92 Å². The maximum absolute atomic E-state index is 12.5. The van der Waals surface area contributed by atoms with Crippen LogP contribution in [0.1, 0.15) is 10.5 Å². The lowest BCUT2D eigenvalue weighted by Crippen LogP contribution is -2.52. The predicted molar refractivity (Wildman–Crippen MR) is 66.9 cm³/mol. The zero-order chi connectivity index (χ0) is 14.9. The van der Waals surface area contributed by atoms with E-state index < -0.39 is 16.3 Å². The van der Waals surface area contributed by atoms with Gasteiger partial charge in [-0.1, -0.05) is 3.89 Å². The Hall–Kier alpha value is -1.81. The number of nitrogens with one attached hydrogen (secondary N) is 1. The van der Waals surface area contributed by atoms with E-state index in [1.165, 1.54) is 19.2 Å². The third-order valence-corrected chi connectivity index (χ3v) is 3.89. The Labute approximate surface area is 114 Å². The fourth-order valence-corrected chi connectivity index (χ4v) is 2.56. The van der Waals surface area contributed by atoms with Crippen molar-refractivity contribution in [3.05, 3.63) is 28.2 Å². The maximum Gasteiger partial charge on any atom is 0.374 e. The SMILES string of the molecule is Cn1nc(C(=O)NCC2CN(S(=O)(=O)F)C2)ccc1=O. The smallest absolute Gasteiger partial charge is 0.350 e. The van der Waals surface area contributed by atoms with Crippen molar-refractivity contribution < 1.29 is 17.1 Å². The summed E-state index contributed by atoms with van der Waals surface area (Å²) in [6, 6.07) is 2.53. The molecule has 1 fully saturated rings. The van der Waals surface area contributed by atoms with E-state index >= 15 is 0 Å². The minimum absolute atomic E-state index is 0.0415. The first-order valence-corrected chi connectivity index (χ1v) is 7.13. The molecule has 20 heavy (non-hydrogen) atoms. The molecule has 2 rings (SSSR count). The van der Waals surface area contributed by atoms with Crippen LogP contribution >= 0.6 is 0 Å². The number of carbonyl (C=O) groups excluding carboxylic acids is 1. The van der Waals surface area contributed by atoms with Gasteiger partial charge in [-0.15, -0.1) is 0 Å². The third-order valence-electron chi connectivity index (χ3n) is 2.98. The quantitative estimate of drug-likeness (QED) is 0.694. The van der Waals surface area contributed by atoms with Crippen molar-refractivity contribution >= 4 is 16.3 Å². The molecule has 1 aromatic heterocycles. The molecule has 0 aliphatic carbocycles. The van der Waals surface area contributed by atoms with Gasteiger partial charge in [0.05, 0.1) is 0 Å². The fraction of sp³-hybridized carbons (Fsp3) is 0.500. The predicted octanol–water partition coefficient (Wildman–Crippen LogP) is -1.34. The van der Waals surface area contributed by atoms with Crippen molar-refractivity contribution in [2.75, 3.05) is 19.6 Å². The Bertz CT molecular complexity index is 681. The summed E-state index contributed by atoms with van der Waals surface area (Å²) in [4.78, 5) is 22.9. The number of halogens is 1. The molecule has 0 saturated carbocycles. The highest BCUT2D eigenvalue weighted by atomic mass is 32.3. The number of rotatable bonds is 4. The standard InChI is InChI=1S/C10H13FN4O4S/c1-14-9(16)3-2-8(13-14)10(17)12-4-7-5-15(6-7)20(11,18)19/h2-3,7H,4-6H2,1H3,(H,12,17). The van der Waals surface area contributed by atoms with E-state index in [0.29, 0.717) is 4.31 Å². The Kier molecular flexibility index (Phi) is 3.86. The van der Waals surface area contributed by atoms with E-state index in [-0.39, 0.29) is 36.8 Å². The highest BCUT2D eigenvalue weighted by Gasteiger charge is 2.35. The Morgan fingerprint density at radius 3 is 2.70 bits per heavy atom. The molecule has 0 spiro atoms. The molecule has 0 radical (unpaired) electrons. The van der Waals surface area contributed by atoms with Crippen molar-refractivity contribution in [1.29, 1.82) is 0 Å². The van der Waals surface area contributed by atoms with Crippen molar-refractivity contribution in [3.8, 4) is 0 Å². The van der Waals surface area contributed by atoms with Gasteiger partial charge in [-0.05, 0) is 6.07 Å². The average molecular weight is 304 g/mol. The summed E-state index contributed by atoms with van der Waals surface area (Å²) in [6.07, 6.45) is 0. The number of aromatic nitrogens is 2. The summed E-state index contributed by atoms with van der Waals surface area (Å²) in [5.74, 6) is -0.598. The Morgan fingerprint density at radius 1 is 1.50 bits per heavy atom. The lowest BCUT2D eigenvalue weighted by atomic mass is 10.0. The average Bonchev–Trinajstić information content (AvgIpc) is 2.28. The van der Waals surface area contributed by atoms with Gasteiger partial charge in [0.1, 0.15) is 5.69 Å². The van der Waals surface area contributed by atoms with Gasteiger partial charge >= 0.3 is 10.4 Å². The highest BCUT2D eigenvalue weighted by molar-refractivity contribution is 7.84. The lowest BCUT2D eigenvalue weighted by Gasteiger charge is -2.35. The largest absolute Gasteiger partial charge is 0.374 e. The van der Waals surface area contributed by atoms with Crippen LogP contribution < -0.4 is 10.9 Å². The summed E-state index contributed by atoms with van der Waals surface area (Å²) >= 11 is 0. The van der Waals surface area contributed by atoms with Gasteiger partial charge in [0, 0.05) is 38.7 Å². The third kappa shape index (κ3) is 3.20. The molecule has 1 N–H and O–H groups in total. The van der Waals surface area contributed by atoms with Gasteiger partial charge < -0.3 is 5.32 Å². The van der Waals surface area contributed by atoms with Gasteiger partial charge in [-0.3, -0.25) is 9.59 Å². The van der Waals surface area contributed by atoms with E-state index in [1.54, 1.807) is 0 Å². The second kappa shape index (κ2) is 5.29. The number of aryl methyl sites for hydroxylation is 1. The van der Waals surface area contributed by atoms with Crippen LogP contribution in [-0.2, 0) is 17.5 Å². The Balaban J connectivity index is 1.85. The number of carbonyl (C=O) groups is 1. The fourth-order valence-electron chi connectivity index (χ4n) is 1.78. The molecule has 1 aliphatic heterocycles. The van der Waals surface area contributed by atoms with Gasteiger partial charge in [-0.25, -0.2) is 4.68 Å². The molecule has 1 amide bonds. The van der Waals surface area contributed by atoms with Gasteiger partial charge in [0.25, 0.3) is 11.5 Å².